The average molecular weight is 347 g/mol. The summed E-state index contributed by atoms with van der Waals surface area (Å²) in [6.45, 7) is 4.16. The van der Waals surface area contributed by atoms with Gasteiger partial charge in [0.05, 0.1) is 12.8 Å². The van der Waals surface area contributed by atoms with Crippen molar-refractivity contribution in [1.29, 1.82) is 0 Å². The van der Waals surface area contributed by atoms with Crippen molar-refractivity contribution in [2.45, 2.75) is 26.7 Å². The van der Waals surface area contributed by atoms with Gasteiger partial charge < -0.3 is 9.14 Å². The summed E-state index contributed by atoms with van der Waals surface area (Å²) in [4.78, 5) is 26.1. The van der Waals surface area contributed by atoms with Crippen LogP contribution in [-0.2, 0) is 6.42 Å². The number of benzene rings is 1. The lowest BCUT2D eigenvalue weighted by atomic mass is 9.72. The summed E-state index contributed by atoms with van der Waals surface area (Å²) in [6.07, 6.45) is 3.10. The van der Waals surface area contributed by atoms with E-state index in [-0.39, 0.29) is 17.0 Å². The Morgan fingerprint density at radius 1 is 1.12 bits per heavy atom. The number of rotatable bonds is 3. The predicted molar refractivity (Wildman–Crippen MR) is 100 cm³/mol. The average Bonchev–Trinajstić information content (AvgIpc) is 3.07. The number of pyridine rings is 1. The normalized spacial score (nSPS) is 15.7. The fraction of sp³-hybridized carbons (Fsp3) is 0.273. The zero-order chi connectivity index (χ0) is 18.5. The third-order valence-electron chi connectivity index (χ3n) is 5.09. The highest BCUT2D eigenvalue weighted by molar-refractivity contribution is 6.12. The van der Waals surface area contributed by atoms with Crippen LogP contribution < -0.4 is 4.74 Å². The second kappa shape index (κ2) is 5.84. The van der Waals surface area contributed by atoms with Crippen molar-refractivity contribution in [2.75, 3.05) is 7.11 Å². The Morgan fingerprint density at radius 2 is 1.85 bits per heavy atom. The molecule has 26 heavy (non-hydrogen) atoms. The summed E-state index contributed by atoms with van der Waals surface area (Å²) in [5.74, 6) is 0.749. The van der Waals surface area contributed by atoms with Gasteiger partial charge in [-0.1, -0.05) is 13.8 Å². The number of carbonyl (C=O) groups excluding carboxylic acids is 2. The summed E-state index contributed by atoms with van der Waals surface area (Å²) in [7, 11) is 1.60. The zero-order valence-corrected chi connectivity index (χ0v) is 15.2. The first-order valence-corrected chi connectivity index (χ1v) is 8.74. The van der Waals surface area contributed by atoms with Crippen LogP contribution >= 0.6 is 0 Å². The molecule has 1 aliphatic carbocycles. The molecule has 0 aliphatic heterocycles. The Kier molecular flexibility index (Phi) is 3.72. The van der Waals surface area contributed by atoms with E-state index in [1.54, 1.807) is 31.4 Å². The summed E-state index contributed by atoms with van der Waals surface area (Å²) in [5.41, 5.74) is 3.44. The smallest absolute Gasteiger partial charge is 0.210 e. The fourth-order valence-corrected chi connectivity index (χ4v) is 3.85. The molecule has 0 bridgehead atoms. The topological polar surface area (TPSA) is 47.8 Å². The number of ether oxygens (including phenoxy) is 1. The second-order valence-electron chi connectivity index (χ2n) is 7.69. The highest BCUT2D eigenvalue weighted by Gasteiger charge is 2.35. The maximum Gasteiger partial charge on any atom is 0.210 e. The van der Waals surface area contributed by atoms with Crippen LogP contribution in [0.1, 0.15) is 52.2 Å². The molecule has 0 N–H and O–H groups in total. The highest BCUT2D eigenvalue weighted by Crippen LogP contribution is 2.37. The van der Waals surface area contributed by atoms with Gasteiger partial charge in [-0.05, 0) is 59.9 Å². The van der Waals surface area contributed by atoms with Gasteiger partial charge in [0.15, 0.2) is 5.78 Å². The Morgan fingerprint density at radius 3 is 2.54 bits per heavy atom. The Labute approximate surface area is 152 Å². The van der Waals surface area contributed by atoms with Crippen molar-refractivity contribution >= 4 is 17.1 Å². The fourth-order valence-electron chi connectivity index (χ4n) is 3.85. The van der Waals surface area contributed by atoms with Crippen LogP contribution in [0, 0.1) is 5.41 Å². The number of ketones is 2. The molecule has 1 aromatic carbocycles. The number of hydrogen-bond donors (Lipinski definition) is 0. The molecular weight excluding hydrogens is 326 g/mol. The van der Waals surface area contributed by atoms with E-state index in [0.29, 0.717) is 35.4 Å². The van der Waals surface area contributed by atoms with Gasteiger partial charge in [0, 0.05) is 29.3 Å². The molecule has 2 aromatic heterocycles. The molecule has 0 atom stereocenters. The summed E-state index contributed by atoms with van der Waals surface area (Å²) in [5, 5.41) is 0. The lowest BCUT2D eigenvalue weighted by Gasteiger charge is -2.31. The molecule has 0 unspecified atom stereocenters. The predicted octanol–water partition coefficient (Wildman–Crippen LogP) is 4.33. The van der Waals surface area contributed by atoms with Crippen LogP contribution in [0.3, 0.4) is 0 Å². The number of methoxy groups -OCH3 is 1. The molecule has 0 saturated carbocycles. The number of carbonyl (C=O) groups is 2. The SMILES string of the molecule is COc1ccc(C(=O)c2c3c(cc4cccn24)C(=O)CC(C)(C)C3)cc1. The van der Waals surface area contributed by atoms with Gasteiger partial charge in [0.2, 0.25) is 5.78 Å². The van der Waals surface area contributed by atoms with Gasteiger partial charge in [-0.2, -0.15) is 0 Å². The molecule has 0 fully saturated rings. The van der Waals surface area contributed by atoms with Crippen molar-refractivity contribution in [2.24, 2.45) is 5.41 Å². The first-order chi connectivity index (χ1) is 12.4. The molecule has 2 heterocycles. The third-order valence-corrected chi connectivity index (χ3v) is 5.09. The van der Waals surface area contributed by atoms with Gasteiger partial charge in [-0.3, -0.25) is 9.59 Å². The van der Waals surface area contributed by atoms with Crippen LogP contribution in [0.5, 0.6) is 5.75 Å². The number of Topliss-reactive ketones (excluding diaryl/α,β-unsaturated/α-hetero) is 1. The number of aromatic nitrogens is 1. The van der Waals surface area contributed by atoms with Gasteiger partial charge in [-0.15, -0.1) is 0 Å². The van der Waals surface area contributed by atoms with Crippen LogP contribution in [0.15, 0.2) is 48.7 Å². The summed E-state index contributed by atoms with van der Waals surface area (Å²) in [6, 6.07) is 12.9. The van der Waals surface area contributed by atoms with E-state index < -0.39 is 0 Å². The maximum atomic E-state index is 13.4. The van der Waals surface area contributed by atoms with E-state index in [4.69, 9.17) is 4.74 Å². The summed E-state index contributed by atoms with van der Waals surface area (Å²) < 4.78 is 7.09. The van der Waals surface area contributed by atoms with E-state index in [1.807, 2.05) is 28.8 Å². The molecule has 4 nitrogen and oxygen atoms in total. The molecule has 0 spiro atoms. The van der Waals surface area contributed by atoms with Gasteiger partial charge in [0.1, 0.15) is 5.75 Å². The lowest BCUT2D eigenvalue weighted by Crippen LogP contribution is -2.30. The summed E-state index contributed by atoms with van der Waals surface area (Å²) >= 11 is 0. The van der Waals surface area contributed by atoms with Gasteiger partial charge in [-0.25, -0.2) is 0 Å². The van der Waals surface area contributed by atoms with Crippen molar-refractivity contribution in [3.05, 3.63) is 71.0 Å². The number of nitrogens with zero attached hydrogens (tertiary/aromatic N) is 1. The maximum absolute atomic E-state index is 13.4. The monoisotopic (exact) mass is 347 g/mol. The largest absolute Gasteiger partial charge is 0.497 e. The Hall–Kier alpha value is -2.88. The van der Waals surface area contributed by atoms with E-state index in [1.165, 1.54) is 0 Å². The van der Waals surface area contributed by atoms with Crippen LogP contribution in [0.25, 0.3) is 5.52 Å². The van der Waals surface area contributed by atoms with Crippen molar-refractivity contribution in [1.82, 2.24) is 4.40 Å². The molecule has 0 radical (unpaired) electrons. The first-order valence-electron chi connectivity index (χ1n) is 8.74. The molecule has 4 heteroatoms. The first kappa shape index (κ1) is 16.6. The minimum atomic E-state index is -0.153. The van der Waals surface area contributed by atoms with E-state index in [2.05, 4.69) is 13.8 Å². The standard InChI is InChI=1S/C22H21NO3/c1-22(2)12-18-17(19(24)13-22)11-15-5-4-10-23(15)20(18)21(25)14-6-8-16(26-3)9-7-14/h4-11H,12-13H2,1-3H3. The molecule has 0 amide bonds. The highest BCUT2D eigenvalue weighted by atomic mass is 16.5. The van der Waals surface area contributed by atoms with Gasteiger partial charge >= 0.3 is 0 Å². The van der Waals surface area contributed by atoms with Crippen molar-refractivity contribution < 1.29 is 14.3 Å². The minimum Gasteiger partial charge on any atom is -0.497 e. The van der Waals surface area contributed by atoms with Gasteiger partial charge in [0.25, 0.3) is 0 Å². The number of hydrogen-bond acceptors (Lipinski definition) is 3. The van der Waals surface area contributed by atoms with E-state index in [0.717, 1.165) is 11.1 Å². The minimum absolute atomic E-state index is 0.0730. The molecule has 3 aromatic rings. The quantitative estimate of drug-likeness (QED) is 0.663. The molecule has 132 valence electrons. The third kappa shape index (κ3) is 2.62. The van der Waals surface area contributed by atoms with Crippen LogP contribution in [-0.4, -0.2) is 23.1 Å². The van der Waals surface area contributed by atoms with Crippen molar-refractivity contribution in [3.8, 4) is 5.75 Å². The Bertz CT molecular complexity index is 1030. The van der Waals surface area contributed by atoms with E-state index >= 15 is 0 Å². The Balaban J connectivity index is 1.94. The van der Waals surface area contributed by atoms with Crippen LogP contribution in [0.4, 0.5) is 0 Å². The van der Waals surface area contributed by atoms with E-state index in [9.17, 15) is 9.59 Å². The molecule has 0 saturated heterocycles. The second-order valence-corrected chi connectivity index (χ2v) is 7.69. The molecule has 4 rings (SSSR count). The molecular formula is C22H21NO3. The van der Waals surface area contributed by atoms with Crippen LogP contribution in [0.2, 0.25) is 0 Å². The zero-order valence-electron chi connectivity index (χ0n) is 15.2. The van der Waals surface area contributed by atoms with Crippen molar-refractivity contribution in [3.63, 3.8) is 0 Å². The molecule has 1 aliphatic rings. The lowest BCUT2D eigenvalue weighted by molar-refractivity contribution is 0.0911. The number of fused-ring (bicyclic) bond motifs is 2.